The number of anilines is 1. The zero-order valence-electron chi connectivity index (χ0n) is 18.7. The molecule has 0 saturated carbocycles. The second kappa shape index (κ2) is 10.4. The number of thioether (sulfide) groups is 2. The topological polar surface area (TPSA) is 82.5 Å². The third-order valence-corrected chi connectivity index (χ3v) is 7.35. The van der Waals surface area contributed by atoms with E-state index in [1.165, 1.54) is 11.8 Å². The van der Waals surface area contributed by atoms with E-state index < -0.39 is 0 Å². The number of hydrogen-bond acceptors (Lipinski definition) is 7. The molecule has 1 aliphatic heterocycles. The summed E-state index contributed by atoms with van der Waals surface area (Å²) in [5.41, 5.74) is 2.30. The summed E-state index contributed by atoms with van der Waals surface area (Å²) in [7, 11) is 3.11. The van der Waals surface area contributed by atoms with E-state index >= 15 is 0 Å². The highest BCUT2D eigenvalue weighted by atomic mass is 32.2. The van der Waals surface area contributed by atoms with E-state index in [9.17, 15) is 9.59 Å². The highest BCUT2D eigenvalue weighted by molar-refractivity contribution is 8.00. The van der Waals surface area contributed by atoms with Crippen LogP contribution < -0.4 is 20.3 Å². The molecular formula is C24H25N3O4S2. The van der Waals surface area contributed by atoms with Crippen LogP contribution in [0.1, 0.15) is 18.2 Å². The molecule has 33 heavy (non-hydrogen) atoms. The van der Waals surface area contributed by atoms with E-state index in [0.717, 1.165) is 17.7 Å². The van der Waals surface area contributed by atoms with E-state index in [4.69, 9.17) is 14.5 Å². The molecular weight excluding hydrogens is 458 g/mol. The predicted molar refractivity (Wildman–Crippen MR) is 132 cm³/mol. The van der Waals surface area contributed by atoms with Crippen LogP contribution in [0.15, 0.2) is 63.4 Å². The minimum Gasteiger partial charge on any atom is -0.497 e. The zero-order valence-corrected chi connectivity index (χ0v) is 20.3. The number of amides is 1. The molecule has 0 spiro atoms. The fourth-order valence-electron chi connectivity index (χ4n) is 3.58. The normalized spacial score (nSPS) is 14.6. The highest BCUT2D eigenvalue weighted by Crippen LogP contribution is 2.34. The number of fused-ring (bicyclic) bond motifs is 1. The van der Waals surface area contributed by atoms with Crippen molar-refractivity contribution in [2.45, 2.75) is 35.2 Å². The number of rotatable bonds is 8. The molecule has 1 atom stereocenters. The van der Waals surface area contributed by atoms with E-state index in [1.54, 1.807) is 48.7 Å². The van der Waals surface area contributed by atoms with Crippen molar-refractivity contribution >= 4 is 35.1 Å². The van der Waals surface area contributed by atoms with Gasteiger partial charge in [0.05, 0.1) is 42.8 Å². The Bertz CT molecular complexity index is 1210. The molecule has 1 aliphatic rings. The van der Waals surface area contributed by atoms with Crippen LogP contribution in [0.2, 0.25) is 0 Å². The average molecular weight is 484 g/mol. The Morgan fingerprint density at radius 1 is 1.21 bits per heavy atom. The first-order valence-corrected chi connectivity index (χ1v) is 12.3. The summed E-state index contributed by atoms with van der Waals surface area (Å²) in [5.74, 6) is 1.03. The quantitative estimate of drug-likeness (QED) is 0.382. The third-order valence-electron chi connectivity index (χ3n) is 5.16. The molecule has 0 bridgehead atoms. The van der Waals surface area contributed by atoms with E-state index in [-0.39, 0.29) is 17.2 Å². The number of carbonyl (C=O) groups is 1. The van der Waals surface area contributed by atoms with Crippen molar-refractivity contribution in [2.24, 2.45) is 0 Å². The number of carbonyl (C=O) groups excluding carboxylic acids is 1. The lowest BCUT2D eigenvalue weighted by Gasteiger charge is -2.14. The van der Waals surface area contributed by atoms with Gasteiger partial charge in [0.15, 0.2) is 5.16 Å². The Morgan fingerprint density at radius 3 is 2.73 bits per heavy atom. The number of methoxy groups -OCH3 is 2. The summed E-state index contributed by atoms with van der Waals surface area (Å²) in [6.07, 6.45) is 0.752. The van der Waals surface area contributed by atoms with Gasteiger partial charge in [0.2, 0.25) is 5.91 Å². The molecule has 0 radical (unpaired) electrons. The fourth-order valence-corrected chi connectivity index (χ4v) is 5.51. The maximum absolute atomic E-state index is 13.3. The van der Waals surface area contributed by atoms with Crippen LogP contribution in [-0.2, 0) is 17.8 Å². The first kappa shape index (κ1) is 23.3. The summed E-state index contributed by atoms with van der Waals surface area (Å²) in [6.45, 7) is 2.50. The Balaban J connectivity index is 1.56. The minimum absolute atomic E-state index is 0.0458. The molecule has 3 aromatic rings. The van der Waals surface area contributed by atoms with Gasteiger partial charge in [0.25, 0.3) is 5.56 Å². The van der Waals surface area contributed by atoms with Crippen LogP contribution in [0.25, 0.3) is 0 Å². The molecule has 1 aromatic heterocycles. The van der Waals surface area contributed by atoms with Gasteiger partial charge in [-0.1, -0.05) is 49.0 Å². The number of nitrogens with one attached hydrogen (secondary N) is 1. The van der Waals surface area contributed by atoms with E-state index in [1.807, 2.05) is 30.3 Å². The Morgan fingerprint density at radius 2 is 2.00 bits per heavy atom. The SMILES string of the molecule is COc1ccc(OC)c(NC(=O)CSc2nc3c(c(=O)n2Cc2ccccc2)S[C@@H](C)C3)c1. The maximum atomic E-state index is 13.3. The van der Waals surface area contributed by atoms with E-state index in [2.05, 4.69) is 12.2 Å². The van der Waals surface area contributed by atoms with Gasteiger partial charge in [0, 0.05) is 17.7 Å². The predicted octanol–water partition coefficient (Wildman–Crippen LogP) is 4.08. The summed E-state index contributed by atoms with van der Waals surface area (Å²) < 4.78 is 12.2. The van der Waals surface area contributed by atoms with Gasteiger partial charge in [-0.25, -0.2) is 4.98 Å². The molecule has 2 aromatic carbocycles. The van der Waals surface area contributed by atoms with Crippen LogP contribution in [0, 0.1) is 0 Å². The Hall–Kier alpha value is -2.91. The largest absolute Gasteiger partial charge is 0.497 e. The summed E-state index contributed by atoms with van der Waals surface area (Å²) in [6, 6.07) is 15.0. The van der Waals surface area contributed by atoms with Gasteiger partial charge in [0.1, 0.15) is 11.5 Å². The maximum Gasteiger partial charge on any atom is 0.268 e. The van der Waals surface area contributed by atoms with Crippen LogP contribution in [0.3, 0.4) is 0 Å². The van der Waals surface area contributed by atoms with Gasteiger partial charge >= 0.3 is 0 Å². The second-order valence-corrected chi connectivity index (χ2v) is 9.97. The van der Waals surface area contributed by atoms with Gasteiger partial charge in [-0.05, 0) is 17.7 Å². The first-order chi connectivity index (χ1) is 16.0. The molecule has 0 saturated heterocycles. The van der Waals surface area contributed by atoms with Crippen molar-refractivity contribution in [3.05, 3.63) is 70.1 Å². The number of nitrogens with zero attached hydrogens (tertiary/aromatic N) is 2. The first-order valence-electron chi connectivity index (χ1n) is 10.5. The van der Waals surface area contributed by atoms with Crippen LogP contribution >= 0.6 is 23.5 Å². The number of benzene rings is 2. The van der Waals surface area contributed by atoms with Crippen molar-refractivity contribution in [3.8, 4) is 11.5 Å². The molecule has 1 N–H and O–H groups in total. The molecule has 172 valence electrons. The minimum atomic E-state index is -0.227. The fraction of sp³-hybridized carbons (Fsp3) is 0.292. The number of hydrogen-bond donors (Lipinski definition) is 1. The van der Waals surface area contributed by atoms with Gasteiger partial charge in [-0.3, -0.25) is 14.2 Å². The van der Waals surface area contributed by atoms with E-state index in [0.29, 0.717) is 39.0 Å². The molecule has 0 unspecified atom stereocenters. The standard InChI is InChI=1S/C24H25N3O4S2/c1-15-11-19-22(33-15)23(29)27(13-16-7-5-4-6-8-16)24(26-19)32-14-21(28)25-18-12-17(30-2)9-10-20(18)31-3/h4-10,12,15H,11,13-14H2,1-3H3,(H,25,28)/t15-/m0/s1. The summed E-state index contributed by atoms with van der Waals surface area (Å²) >= 11 is 2.83. The monoisotopic (exact) mass is 483 g/mol. The molecule has 0 fully saturated rings. The average Bonchev–Trinajstić information content (AvgIpc) is 3.20. The van der Waals surface area contributed by atoms with Crippen LogP contribution in [0.4, 0.5) is 5.69 Å². The molecule has 0 aliphatic carbocycles. The van der Waals surface area contributed by atoms with Crippen molar-refractivity contribution in [1.29, 1.82) is 0 Å². The lowest BCUT2D eigenvalue weighted by atomic mass is 10.2. The van der Waals surface area contributed by atoms with Crippen molar-refractivity contribution in [2.75, 3.05) is 25.3 Å². The Kier molecular flexibility index (Phi) is 7.29. The molecule has 1 amide bonds. The third kappa shape index (κ3) is 5.36. The lowest BCUT2D eigenvalue weighted by Crippen LogP contribution is -2.26. The van der Waals surface area contributed by atoms with Crippen LogP contribution in [0.5, 0.6) is 11.5 Å². The zero-order chi connectivity index (χ0) is 23.4. The Labute approximate surface area is 200 Å². The molecule has 9 heteroatoms. The molecule has 4 rings (SSSR count). The van der Waals surface area contributed by atoms with Crippen molar-refractivity contribution < 1.29 is 14.3 Å². The van der Waals surface area contributed by atoms with Crippen LogP contribution in [-0.4, -0.2) is 40.7 Å². The smallest absolute Gasteiger partial charge is 0.268 e. The second-order valence-electron chi connectivity index (χ2n) is 7.58. The van der Waals surface area contributed by atoms with Crippen molar-refractivity contribution in [3.63, 3.8) is 0 Å². The summed E-state index contributed by atoms with van der Waals surface area (Å²) in [5, 5.41) is 3.73. The molecule has 2 heterocycles. The van der Waals surface area contributed by atoms with Crippen molar-refractivity contribution in [1.82, 2.24) is 9.55 Å². The van der Waals surface area contributed by atoms with Gasteiger partial charge < -0.3 is 14.8 Å². The van der Waals surface area contributed by atoms with Gasteiger partial charge in [-0.2, -0.15) is 0 Å². The highest BCUT2D eigenvalue weighted by Gasteiger charge is 2.26. The summed E-state index contributed by atoms with van der Waals surface area (Å²) in [4.78, 5) is 31.5. The lowest BCUT2D eigenvalue weighted by molar-refractivity contribution is -0.113. The van der Waals surface area contributed by atoms with Gasteiger partial charge in [-0.15, -0.1) is 11.8 Å². The number of ether oxygens (including phenoxy) is 2. The molecule has 7 nitrogen and oxygen atoms in total. The number of aromatic nitrogens is 2.